The van der Waals surface area contributed by atoms with E-state index in [1.165, 1.54) is 18.2 Å². The van der Waals surface area contributed by atoms with Crippen LogP contribution < -0.4 is 11.1 Å². The number of anilines is 2. The van der Waals surface area contributed by atoms with Gasteiger partial charge in [-0.1, -0.05) is 0 Å². The average Bonchev–Trinajstić information content (AvgIpc) is 2.26. The number of nitrogens with one attached hydrogen (secondary N) is 1. The molecule has 92 valence electrons. The van der Waals surface area contributed by atoms with Crippen molar-refractivity contribution in [2.45, 2.75) is 6.92 Å². The van der Waals surface area contributed by atoms with Gasteiger partial charge in [-0.05, 0) is 19.1 Å². The summed E-state index contributed by atoms with van der Waals surface area (Å²) in [6, 6.07) is 4.16. The van der Waals surface area contributed by atoms with Crippen LogP contribution in [0.4, 0.5) is 17.1 Å². The van der Waals surface area contributed by atoms with Crippen LogP contribution in [-0.4, -0.2) is 24.0 Å². The third-order valence-corrected chi connectivity index (χ3v) is 1.97. The van der Waals surface area contributed by atoms with Crippen LogP contribution in [0.5, 0.6) is 0 Å². The number of nitrogens with zero attached hydrogens (tertiary/aromatic N) is 1. The zero-order valence-electron chi connectivity index (χ0n) is 9.30. The predicted molar refractivity (Wildman–Crippen MR) is 62.6 cm³/mol. The lowest BCUT2D eigenvalue weighted by Gasteiger charge is -2.06. The molecule has 1 aromatic rings. The van der Waals surface area contributed by atoms with Crippen molar-refractivity contribution in [1.29, 1.82) is 0 Å². The van der Waals surface area contributed by atoms with Gasteiger partial charge in [0.2, 0.25) is 0 Å². The van der Waals surface area contributed by atoms with Crippen molar-refractivity contribution in [2.75, 3.05) is 24.2 Å². The maximum atomic E-state index is 11.1. The number of esters is 1. The highest BCUT2D eigenvalue weighted by atomic mass is 16.6. The first-order valence-corrected chi connectivity index (χ1v) is 4.98. The number of nitro groups is 1. The first kappa shape index (κ1) is 12.8. The van der Waals surface area contributed by atoms with Crippen LogP contribution in [0.25, 0.3) is 0 Å². The molecule has 1 rings (SSSR count). The molecule has 17 heavy (non-hydrogen) atoms. The summed E-state index contributed by atoms with van der Waals surface area (Å²) in [7, 11) is 0. The van der Waals surface area contributed by atoms with E-state index in [1.54, 1.807) is 6.92 Å². The SMILES string of the molecule is CCOC(=O)CNc1ccc([N+](=O)[O-])c(N)c1. The molecule has 7 heteroatoms. The minimum atomic E-state index is -0.565. The van der Waals surface area contributed by atoms with Crippen molar-refractivity contribution in [3.63, 3.8) is 0 Å². The zero-order chi connectivity index (χ0) is 12.8. The third kappa shape index (κ3) is 3.63. The molecule has 0 aromatic heterocycles. The second kappa shape index (κ2) is 5.69. The summed E-state index contributed by atoms with van der Waals surface area (Å²) in [5.74, 6) is -0.399. The Balaban J connectivity index is 2.65. The van der Waals surface area contributed by atoms with Crippen molar-refractivity contribution in [2.24, 2.45) is 0 Å². The van der Waals surface area contributed by atoms with Crippen LogP contribution in [0.3, 0.4) is 0 Å². The van der Waals surface area contributed by atoms with E-state index in [1.807, 2.05) is 0 Å². The lowest BCUT2D eigenvalue weighted by atomic mass is 10.2. The molecule has 0 radical (unpaired) electrons. The highest BCUT2D eigenvalue weighted by molar-refractivity contribution is 5.76. The standard InChI is InChI=1S/C10H13N3O4/c1-2-17-10(14)6-12-7-3-4-9(13(15)16)8(11)5-7/h3-5,12H,2,6,11H2,1H3. The Morgan fingerprint density at radius 1 is 1.59 bits per heavy atom. The monoisotopic (exact) mass is 239 g/mol. The average molecular weight is 239 g/mol. The van der Waals surface area contributed by atoms with Gasteiger partial charge in [-0.25, -0.2) is 0 Å². The van der Waals surface area contributed by atoms with E-state index in [4.69, 9.17) is 10.5 Å². The smallest absolute Gasteiger partial charge is 0.325 e. The van der Waals surface area contributed by atoms with Gasteiger partial charge < -0.3 is 15.8 Å². The number of hydrogen-bond donors (Lipinski definition) is 2. The fraction of sp³-hybridized carbons (Fsp3) is 0.300. The second-order valence-corrected chi connectivity index (χ2v) is 3.19. The fourth-order valence-corrected chi connectivity index (χ4v) is 1.22. The van der Waals surface area contributed by atoms with Crippen molar-refractivity contribution < 1.29 is 14.5 Å². The summed E-state index contributed by atoms with van der Waals surface area (Å²) >= 11 is 0. The predicted octanol–water partition coefficient (Wildman–Crippen LogP) is 1.15. The van der Waals surface area contributed by atoms with Gasteiger partial charge in [0, 0.05) is 11.8 Å². The molecule has 0 atom stereocenters. The van der Waals surface area contributed by atoms with Gasteiger partial charge in [0.05, 0.1) is 11.5 Å². The minimum absolute atomic E-state index is 0.00884. The molecule has 3 N–H and O–H groups in total. The lowest BCUT2D eigenvalue weighted by molar-refractivity contribution is -0.383. The summed E-state index contributed by atoms with van der Waals surface area (Å²) in [5.41, 5.74) is 5.90. The summed E-state index contributed by atoms with van der Waals surface area (Å²) < 4.78 is 4.71. The third-order valence-electron chi connectivity index (χ3n) is 1.97. The first-order valence-electron chi connectivity index (χ1n) is 4.98. The highest BCUT2D eigenvalue weighted by Crippen LogP contribution is 2.24. The Hall–Kier alpha value is -2.31. The Bertz CT molecular complexity index is 434. The normalized spacial score (nSPS) is 9.71. The topological polar surface area (TPSA) is 107 Å². The maximum Gasteiger partial charge on any atom is 0.325 e. The van der Waals surface area contributed by atoms with Gasteiger partial charge in [0.1, 0.15) is 12.2 Å². The van der Waals surface area contributed by atoms with Crippen LogP contribution in [0.15, 0.2) is 18.2 Å². The van der Waals surface area contributed by atoms with E-state index in [0.717, 1.165) is 0 Å². The van der Waals surface area contributed by atoms with Crippen LogP contribution in [-0.2, 0) is 9.53 Å². The second-order valence-electron chi connectivity index (χ2n) is 3.19. The van der Waals surface area contributed by atoms with Gasteiger partial charge in [-0.3, -0.25) is 14.9 Å². The molecular weight excluding hydrogens is 226 g/mol. The molecule has 0 bridgehead atoms. The number of ether oxygens (including phenoxy) is 1. The van der Waals surface area contributed by atoms with E-state index < -0.39 is 10.9 Å². The van der Waals surface area contributed by atoms with Gasteiger partial charge in [0.25, 0.3) is 5.69 Å². The van der Waals surface area contributed by atoms with E-state index in [9.17, 15) is 14.9 Å². The van der Waals surface area contributed by atoms with Crippen molar-refractivity contribution in [3.05, 3.63) is 28.3 Å². The maximum absolute atomic E-state index is 11.1. The van der Waals surface area contributed by atoms with E-state index in [-0.39, 0.29) is 17.9 Å². The molecule has 0 spiro atoms. The number of nitrogen functional groups attached to an aromatic ring is 1. The summed E-state index contributed by atoms with van der Waals surface area (Å²) in [6.07, 6.45) is 0. The number of hydrogen-bond acceptors (Lipinski definition) is 6. The Labute approximate surface area is 97.7 Å². The summed E-state index contributed by atoms with van der Waals surface area (Å²) in [6.45, 7) is 2.01. The van der Waals surface area contributed by atoms with Crippen LogP contribution >= 0.6 is 0 Å². The first-order chi connectivity index (χ1) is 8.04. The quantitative estimate of drug-likeness (QED) is 0.345. The minimum Gasteiger partial charge on any atom is -0.465 e. The number of benzene rings is 1. The molecular formula is C10H13N3O4. The van der Waals surface area contributed by atoms with Crippen LogP contribution in [0, 0.1) is 10.1 Å². The van der Waals surface area contributed by atoms with E-state index in [2.05, 4.69) is 5.32 Å². The van der Waals surface area contributed by atoms with Crippen molar-refractivity contribution in [3.8, 4) is 0 Å². The fourth-order valence-electron chi connectivity index (χ4n) is 1.22. The Morgan fingerprint density at radius 2 is 2.29 bits per heavy atom. The number of nitrogens with two attached hydrogens (primary N) is 1. The number of carbonyl (C=O) groups is 1. The molecule has 0 heterocycles. The van der Waals surface area contributed by atoms with Crippen molar-refractivity contribution in [1.82, 2.24) is 0 Å². The lowest BCUT2D eigenvalue weighted by Crippen LogP contribution is -2.16. The Kier molecular flexibility index (Phi) is 4.27. The molecule has 0 unspecified atom stereocenters. The molecule has 0 aliphatic rings. The number of nitro benzene ring substituents is 1. The van der Waals surface area contributed by atoms with Gasteiger partial charge in [-0.15, -0.1) is 0 Å². The summed E-state index contributed by atoms with van der Waals surface area (Å²) in [4.78, 5) is 21.0. The molecule has 0 amide bonds. The number of carbonyl (C=O) groups excluding carboxylic acids is 1. The molecule has 0 fully saturated rings. The largest absolute Gasteiger partial charge is 0.465 e. The number of rotatable bonds is 5. The highest BCUT2D eigenvalue weighted by Gasteiger charge is 2.11. The molecule has 0 aliphatic carbocycles. The molecule has 1 aromatic carbocycles. The summed E-state index contributed by atoms with van der Waals surface area (Å²) in [5, 5.41) is 13.3. The molecule has 0 saturated carbocycles. The van der Waals surface area contributed by atoms with Gasteiger partial charge in [-0.2, -0.15) is 0 Å². The molecule has 0 aliphatic heterocycles. The van der Waals surface area contributed by atoms with E-state index >= 15 is 0 Å². The van der Waals surface area contributed by atoms with Crippen LogP contribution in [0.1, 0.15) is 6.92 Å². The molecule has 7 nitrogen and oxygen atoms in total. The van der Waals surface area contributed by atoms with Crippen LogP contribution in [0.2, 0.25) is 0 Å². The zero-order valence-corrected chi connectivity index (χ0v) is 9.30. The van der Waals surface area contributed by atoms with E-state index in [0.29, 0.717) is 12.3 Å². The Morgan fingerprint density at radius 3 is 2.82 bits per heavy atom. The van der Waals surface area contributed by atoms with Gasteiger partial charge in [0.15, 0.2) is 0 Å². The molecule has 0 saturated heterocycles. The van der Waals surface area contributed by atoms with Crippen molar-refractivity contribution >= 4 is 23.0 Å². The van der Waals surface area contributed by atoms with Gasteiger partial charge >= 0.3 is 5.97 Å².